The number of amides is 2. The largest absolute Gasteiger partial charge is 0.502 e. The van der Waals surface area contributed by atoms with Gasteiger partial charge in [0.1, 0.15) is 36.0 Å². The smallest absolute Gasteiger partial charge is 0.374 e. The van der Waals surface area contributed by atoms with Crippen LogP contribution in [0, 0.1) is 58.3 Å². The fourth-order valence-corrected chi connectivity index (χ4v) is 12.6. The lowest BCUT2D eigenvalue weighted by molar-refractivity contribution is 0.0410. The zero-order valence-corrected chi connectivity index (χ0v) is 70.4. The first kappa shape index (κ1) is 100. The average molecular weight is 1760 g/mol. The van der Waals surface area contributed by atoms with Crippen LogP contribution in [0.15, 0.2) is 146 Å². The van der Waals surface area contributed by atoms with Gasteiger partial charge in [-0.15, -0.1) is 0 Å². The summed E-state index contributed by atoms with van der Waals surface area (Å²) in [4.78, 5) is 90.2. The van der Waals surface area contributed by atoms with Crippen molar-refractivity contribution in [1.29, 1.82) is 10.5 Å². The summed E-state index contributed by atoms with van der Waals surface area (Å²) >= 11 is 0. The number of aromatic nitrogens is 6. The maximum absolute atomic E-state index is 13.6. The summed E-state index contributed by atoms with van der Waals surface area (Å²) in [5.41, 5.74) is 14.1. The fourth-order valence-electron chi connectivity index (χ4n) is 12.6. The maximum Gasteiger partial charge on any atom is 0.374 e. The van der Waals surface area contributed by atoms with Gasteiger partial charge in [-0.1, -0.05) is 80.2 Å². The molecule has 3 aromatic heterocycles. The Balaban J connectivity index is 0.000000236. The Hall–Kier alpha value is -13.7. The van der Waals surface area contributed by atoms with Crippen molar-refractivity contribution in [3.63, 3.8) is 0 Å². The number of nitrogens with two attached hydrogens (primary N) is 1. The first-order valence-corrected chi connectivity index (χ1v) is 40.2. The highest BCUT2D eigenvalue weighted by molar-refractivity contribution is 5.96. The lowest BCUT2D eigenvalue weighted by Crippen LogP contribution is -2.37. The van der Waals surface area contributed by atoms with Crippen molar-refractivity contribution in [2.24, 2.45) is 5.73 Å². The number of carbonyl (C=O) groups excluding carboxylic acids is 6. The van der Waals surface area contributed by atoms with Gasteiger partial charge in [0.25, 0.3) is 11.8 Å². The van der Waals surface area contributed by atoms with Gasteiger partial charge in [-0.05, 0) is 165 Å². The van der Waals surface area contributed by atoms with Crippen molar-refractivity contribution in [3.8, 4) is 68.9 Å². The second kappa shape index (κ2) is 49.1. The lowest BCUT2D eigenvalue weighted by Gasteiger charge is -2.19. The Bertz CT molecular complexity index is 5520. The first-order valence-electron chi connectivity index (χ1n) is 40.2. The van der Waals surface area contributed by atoms with Gasteiger partial charge in [0.2, 0.25) is 58.0 Å². The van der Waals surface area contributed by atoms with Gasteiger partial charge in [-0.25, -0.2) is 52.1 Å². The van der Waals surface area contributed by atoms with Gasteiger partial charge < -0.3 is 88.8 Å². The molecule has 0 saturated carbocycles. The maximum atomic E-state index is 13.6. The highest BCUT2D eigenvalue weighted by Gasteiger charge is 2.31. The summed E-state index contributed by atoms with van der Waals surface area (Å²) in [7, 11) is 0. The number of fused-ring (bicyclic) bond motifs is 1. The zero-order valence-electron chi connectivity index (χ0n) is 70.4. The molecule has 0 aliphatic carbocycles. The third-order valence-electron chi connectivity index (χ3n) is 18.5. The summed E-state index contributed by atoms with van der Waals surface area (Å²) in [6, 6.07) is 39.3. The van der Waals surface area contributed by atoms with Crippen LogP contribution >= 0.6 is 0 Å². The van der Waals surface area contributed by atoms with Crippen LogP contribution in [0.2, 0.25) is 0 Å². The molecule has 11 rings (SSSR count). The third kappa shape index (κ3) is 28.1. The molecule has 127 heavy (non-hydrogen) atoms. The number of hydrogen-bond acceptors (Lipinski definition) is 24. The van der Waals surface area contributed by atoms with Gasteiger partial charge in [0.05, 0.1) is 86.1 Å². The van der Waals surface area contributed by atoms with Crippen molar-refractivity contribution in [1.82, 2.24) is 39.3 Å². The Morgan fingerprint density at radius 2 is 0.921 bits per heavy atom. The topological polar surface area (TPSA) is 424 Å². The molecule has 9 N–H and O–H groups in total. The number of benzene rings is 7. The van der Waals surface area contributed by atoms with Crippen LogP contribution < -0.4 is 35.3 Å². The highest BCUT2D eigenvalue weighted by Crippen LogP contribution is 2.34. The molecule has 2 amide bonds. The number of nitrogens with one attached hydrogen (secondary N) is 2. The molecule has 0 spiro atoms. The van der Waals surface area contributed by atoms with E-state index in [0.29, 0.717) is 103 Å². The quantitative estimate of drug-likeness (QED) is 0.00348. The summed E-state index contributed by atoms with van der Waals surface area (Å²) in [6.07, 6.45) is 7.77. The van der Waals surface area contributed by atoms with E-state index in [2.05, 4.69) is 47.3 Å². The molecule has 1 aliphatic rings. The van der Waals surface area contributed by atoms with Crippen LogP contribution in [0.5, 0.6) is 23.0 Å². The molecule has 0 saturated heterocycles. The molecule has 0 fully saturated rings. The lowest BCUT2D eigenvalue weighted by atomic mass is 10.0. The normalized spacial score (nSPS) is 11.9. The van der Waals surface area contributed by atoms with Crippen molar-refractivity contribution in [2.45, 2.75) is 157 Å². The number of aliphatic hydroxyl groups excluding tert-OH is 5. The Kier molecular flexibility index (Phi) is 38.8. The van der Waals surface area contributed by atoms with Crippen LogP contribution in [0.3, 0.4) is 0 Å². The number of ether oxygens (including phenoxy) is 7. The van der Waals surface area contributed by atoms with E-state index in [0.717, 1.165) is 45.5 Å². The Morgan fingerprint density at radius 1 is 0.528 bits per heavy atom. The average Bonchev–Trinajstić information content (AvgIpc) is 1.70. The van der Waals surface area contributed by atoms with E-state index in [4.69, 9.17) is 50.9 Å². The predicted octanol–water partition coefficient (Wildman–Crippen LogP) is 12.8. The Labute approximate surface area is 730 Å². The van der Waals surface area contributed by atoms with Crippen molar-refractivity contribution >= 4 is 41.4 Å². The van der Waals surface area contributed by atoms with Crippen LogP contribution in [-0.4, -0.2) is 179 Å². The SMILES string of the molecule is C.CC(C)Oc1ccc(C(=O)NC(CCO)Cc2ccc(-c3cn4c(n3)C(=O)OCC4)cc2)cc1C#N.CCOC(=O)c1nc(-c2ccc(CC(CCO)NC(=O)c3ccc(OC(C)C)c(C#N)c3)cc2)cn1CCO.CCOC(=O)c1nc(-c2ccc(CC(N)CCO)cc2)cn1CCO.[C-]#[N+]c1cc(C(=O)Oc2c(F)c(F)c(F)c(F)c2F)ccc1OC(C)C. The van der Waals surface area contributed by atoms with E-state index in [-0.39, 0.29) is 149 Å². The fraction of sp³-hybridized carbons (Fsp3) is 0.348. The van der Waals surface area contributed by atoms with E-state index in [9.17, 15) is 76.6 Å². The number of rotatable bonds is 35. The van der Waals surface area contributed by atoms with Crippen LogP contribution in [0.1, 0.15) is 173 Å². The van der Waals surface area contributed by atoms with E-state index < -0.39 is 58.7 Å². The highest BCUT2D eigenvalue weighted by atomic mass is 19.2. The number of hydrogen-bond donors (Lipinski definition) is 8. The molecule has 672 valence electrons. The number of cyclic esters (lactones) is 1. The van der Waals surface area contributed by atoms with Gasteiger partial charge in [-0.2, -0.15) is 19.3 Å². The van der Waals surface area contributed by atoms with Crippen molar-refractivity contribution in [2.75, 3.05) is 52.9 Å². The number of nitrogens with zero attached hydrogens (tertiary/aromatic N) is 9. The molecule has 3 unspecified atom stereocenters. The zero-order chi connectivity index (χ0) is 91.8. The molecule has 35 heteroatoms. The van der Waals surface area contributed by atoms with Crippen LogP contribution in [0.4, 0.5) is 27.6 Å². The summed E-state index contributed by atoms with van der Waals surface area (Å²) in [5.74, 6) is -15.1. The number of esters is 4. The number of carbonyl (C=O) groups is 6. The molecule has 0 bridgehead atoms. The number of aliphatic hydroxyl groups is 5. The molecule has 10 aromatic rings. The molecular weight excluding hydrogens is 1660 g/mol. The van der Waals surface area contributed by atoms with Gasteiger partial charge in [0, 0.05) is 103 Å². The molecule has 0 radical (unpaired) electrons. The molecular formula is C92H101F5N12O18. The van der Waals surface area contributed by atoms with E-state index in [1.807, 2.05) is 107 Å². The number of halogens is 5. The summed E-state index contributed by atoms with van der Waals surface area (Å²) in [6.45, 7) is 22.9. The summed E-state index contributed by atoms with van der Waals surface area (Å²) < 4.78 is 107. The molecule has 3 atom stereocenters. The van der Waals surface area contributed by atoms with Crippen LogP contribution in [-0.2, 0) is 53.1 Å². The molecule has 7 aromatic carbocycles. The number of nitriles is 2. The summed E-state index contributed by atoms with van der Waals surface area (Å²) in [5, 5.41) is 71.3. The molecule has 30 nitrogen and oxygen atoms in total. The first-order chi connectivity index (χ1) is 60.4. The van der Waals surface area contributed by atoms with E-state index in [1.54, 1.807) is 78.1 Å². The van der Waals surface area contributed by atoms with E-state index >= 15 is 0 Å². The van der Waals surface area contributed by atoms with Crippen molar-refractivity contribution in [3.05, 3.63) is 248 Å². The van der Waals surface area contributed by atoms with Gasteiger partial charge >= 0.3 is 23.9 Å². The minimum absolute atomic E-state index is 0. The predicted molar refractivity (Wildman–Crippen MR) is 456 cm³/mol. The monoisotopic (exact) mass is 1760 g/mol. The van der Waals surface area contributed by atoms with Gasteiger partial charge in [-0.3, -0.25) is 9.59 Å². The van der Waals surface area contributed by atoms with E-state index in [1.165, 1.54) is 18.2 Å². The third-order valence-corrected chi connectivity index (χ3v) is 18.5. The van der Waals surface area contributed by atoms with Crippen LogP contribution in [0.25, 0.3) is 38.6 Å². The molecule has 1 aliphatic heterocycles. The minimum Gasteiger partial charge on any atom is -0.502 e. The van der Waals surface area contributed by atoms with Crippen molar-refractivity contribution < 1.29 is 109 Å². The standard InChI is InChI=1S/C29H34N4O6.C27H28N4O5.C18H25N3O4.C17H10F5NO3.CH4/c1-4-38-29(37)27-32-25(18-33(27)12-14-35)21-7-5-20(6-8-21)15-24(11-13-34)31-28(36)22-9-10-26(39-19(2)3)23(16-22)17-30;1-17(2)36-24-8-7-20(14-21(24)15-28)26(33)29-22(9-11-32)13-18-3-5-19(6-4-18)23-16-31-10-12-35-27(34)25(31)30-23;1-2-25-18(24)17-20-16(12-21(17)8-10-23)14-5-3-13(4-6-14)11-15(19)7-9-22;1-7(2)25-10-5-4-8(6-9(10)23-3)17(24)26-16-14(21)12(19)11(18)13(20)15(16)22;/h5-10,16,18-19,24,34-35H,4,11-15H2,1-3H3,(H,31,36);3-8,14,16-17,22,32H,9-13H2,1-2H3,(H,29,33);3-6,12,15,22-23H,2,7-11,19H2,1H3;4-7H,1-2H3;1H4. The second-order valence-electron chi connectivity index (χ2n) is 29.0. The minimum atomic E-state index is -2.37. The number of imidazole rings is 3. The Morgan fingerprint density at radius 3 is 1.31 bits per heavy atom. The molecule has 4 heterocycles. The van der Waals surface area contributed by atoms with Gasteiger partial charge in [0.15, 0.2) is 0 Å². The second-order valence-corrected chi connectivity index (χ2v) is 29.0.